The van der Waals surface area contributed by atoms with Crippen molar-refractivity contribution in [2.75, 3.05) is 7.11 Å². The van der Waals surface area contributed by atoms with E-state index in [4.69, 9.17) is 5.11 Å². The number of carboxylic acids is 1. The molecule has 0 aliphatic carbocycles. The van der Waals surface area contributed by atoms with Gasteiger partial charge in [0.15, 0.2) is 0 Å². The molecule has 104 valence electrons. The molecule has 1 aromatic carbocycles. The van der Waals surface area contributed by atoms with Gasteiger partial charge in [0, 0.05) is 12.0 Å². The lowest BCUT2D eigenvalue weighted by molar-refractivity contribution is -0.140. The number of carbonyl (C=O) groups is 2. The highest BCUT2D eigenvalue weighted by Gasteiger charge is 2.13. The molecule has 0 unspecified atom stereocenters. The SMILES string of the molecule is COC(=O)CCc1cc(C(F)F)ccc1CC(=O)O. The molecule has 0 aliphatic heterocycles. The Hall–Kier alpha value is -1.98. The summed E-state index contributed by atoms with van der Waals surface area (Å²) in [5, 5.41) is 8.75. The predicted octanol–water partition coefficient (Wildman–Crippen LogP) is 2.36. The van der Waals surface area contributed by atoms with E-state index in [0.717, 1.165) is 0 Å². The second kappa shape index (κ2) is 6.82. The van der Waals surface area contributed by atoms with Gasteiger partial charge in [-0.25, -0.2) is 8.78 Å². The molecule has 1 N–H and O–H groups in total. The predicted molar refractivity (Wildman–Crippen MR) is 63.1 cm³/mol. The number of ether oxygens (including phenoxy) is 1. The number of alkyl halides is 2. The number of benzene rings is 1. The van der Waals surface area contributed by atoms with E-state index in [9.17, 15) is 18.4 Å². The fraction of sp³-hybridized carbons (Fsp3) is 0.385. The smallest absolute Gasteiger partial charge is 0.307 e. The zero-order chi connectivity index (χ0) is 14.4. The van der Waals surface area contributed by atoms with Crippen LogP contribution in [0.2, 0.25) is 0 Å². The van der Waals surface area contributed by atoms with Crippen molar-refractivity contribution in [3.8, 4) is 0 Å². The molecule has 19 heavy (non-hydrogen) atoms. The minimum atomic E-state index is -2.63. The molecule has 0 fully saturated rings. The summed E-state index contributed by atoms with van der Waals surface area (Å²) in [7, 11) is 1.23. The third-order valence-corrected chi connectivity index (χ3v) is 2.65. The molecular weight excluding hydrogens is 258 g/mol. The van der Waals surface area contributed by atoms with Crippen molar-refractivity contribution in [1.29, 1.82) is 0 Å². The van der Waals surface area contributed by atoms with Crippen LogP contribution in [0, 0.1) is 0 Å². The van der Waals surface area contributed by atoms with Gasteiger partial charge in [0.25, 0.3) is 6.43 Å². The first-order valence-corrected chi connectivity index (χ1v) is 5.62. The monoisotopic (exact) mass is 272 g/mol. The van der Waals surface area contributed by atoms with Crippen molar-refractivity contribution >= 4 is 11.9 Å². The van der Waals surface area contributed by atoms with E-state index < -0.39 is 18.4 Å². The Balaban J connectivity index is 2.96. The van der Waals surface area contributed by atoms with E-state index in [-0.39, 0.29) is 24.8 Å². The lowest BCUT2D eigenvalue weighted by Gasteiger charge is -2.10. The fourth-order valence-corrected chi connectivity index (χ4v) is 1.69. The Kier molecular flexibility index (Phi) is 5.41. The molecule has 0 atom stereocenters. The average molecular weight is 272 g/mol. The Morgan fingerprint density at radius 3 is 2.53 bits per heavy atom. The first kappa shape index (κ1) is 15.1. The number of aliphatic carboxylic acids is 1. The van der Waals surface area contributed by atoms with Crippen molar-refractivity contribution in [3.05, 3.63) is 34.9 Å². The molecule has 0 saturated carbocycles. The van der Waals surface area contributed by atoms with Gasteiger partial charge in [-0.15, -0.1) is 0 Å². The maximum Gasteiger partial charge on any atom is 0.307 e. The van der Waals surface area contributed by atoms with Crippen LogP contribution < -0.4 is 0 Å². The molecule has 0 heterocycles. The van der Waals surface area contributed by atoms with Crippen molar-refractivity contribution in [1.82, 2.24) is 0 Å². The normalized spacial score (nSPS) is 10.5. The fourth-order valence-electron chi connectivity index (χ4n) is 1.69. The summed E-state index contributed by atoms with van der Waals surface area (Å²) in [5.41, 5.74) is 0.681. The van der Waals surface area contributed by atoms with Gasteiger partial charge in [0.1, 0.15) is 0 Å². The summed E-state index contributed by atoms with van der Waals surface area (Å²) in [6.07, 6.45) is -2.69. The number of hydrogen-bond acceptors (Lipinski definition) is 3. The van der Waals surface area contributed by atoms with Crippen molar-refractivity contribution < 1.29 is 28.2 Å². The van der Waals surface area contributed by atoms with Crippen molar-refractivity contribution in [2.45, 2.75) is 25.7 Å². The Morgan fingerprint density at radius 1 is 1.32 bits per heavy atom. The molecule has 1 rings (SSSR count). The Bertz CT molecular complexity index is 472. The molecule has 0 radical (unpaired) electrons. The third-order valence-electron chi connectivity index (χ3n) is 2.65. The van der Waals surface area contributed by atoms with Crippen LogP contribution in [0.1, 0.15) is 29.5 Å². The lowest BCUT2D eigenvalue weighted by Crippen LogP contribution is -2.07. The summed E-state index contributed by atoms with van der Waals surface area (Å²) >= 11 is 0. The van der Waals surface area contributed by atoms with Crippen LogP contribution in [-0.4, -0.2) is 24.2 Å². The zero-order valence-electron chi connectivity index (χ0n) is 10.4. The summed E-state index contributed by atoms with van der Waals surface area (Å²) in [6.45, 7) is 0. The number of carbonyl (C=O) groups excluding carboxylic acids is 1. The molecule has 0 spiro atoms. The van der Waals surface area contributed by atoms with E-state index >= 15 is 0 Å². The molecule has 4 nitrogen and oxygen atoms in total. The maximum atomic E-state index is 12.6. The Labute approximate surface area is 109 Å². The van der Waals surface area contributed by atoms with Crippen molar-refractivity contribution in [3.63, 3.8) is 0 Å². The molecule has 0 amide bonds. The first-order chi connectivity index (χ1) is 8.93. The highest BCUT2D eigenvalue weighted by molar-refractivity contribution is 5.72. The molecular formula is C13H14F2O4. The van der Waals surface area contributed by atoms with Gasteiger partial charge < -0.3 is 9.84 Å². The summed E-state index contributed by atoms with van der Waals surface area (Å²) in [4.78, 5) is 21.7. The Morgan fingerprint density at radius 2 is 2.00 bits per heavy atom. The highest BCUT2D eigenvalue weighted by atomic mass is 19.3. The van der Waals surface area contributed by atoms with Crippen LogP contribution in [0.5, 0.6) is 0 Å². The van der Waals surface area contributed by atoms with E-state index in [0.29, 0.717) is 11.1 Å². The number of methoxy groups -OCH3 is 1. The largest absolute Gasteiger partial charge is 0.481 e. The second-order valence-corrected chi connectivity index (χ2v) is 3.98. The van der Waals surface area contributed by atoms with E-state index in [1.54, 1.807) is 0 Å². The van der Waals surface area contributed by atoms with Crippen molar-refractivity contribution in [2.24, 2.45) is 0 Å². The molecule has 0 bridgehead atoms. The average Bonchev–Trinajstić information content (AvgIpc) is 2.36. The van der Waals surface area contributed by atoms with Crippen LogP contribution >= 0.6 is 0 Å². The molecule has 0 saturated heterocycles. The quantitative estimate of drug-likeness (QED) is 0.807. The second-order valence-electron chi connectivity index (χ2n) is 3.98. The summed E-state index contributed by atoms with van der Waals surface area (Å²) in [5.74, 6) is -1.52. The molecule has 1 aromatic rings. The van der Waals surface area contributed by atoms with Crippen LogP contribution in [0.15, 0.2) is 18.2 Å². The van der Waals surface area contributed by atoms with Crippen LogP contribution in [0.25, 0.3) is 0 Å². The molecule has 6 heteroatoms. The summed E-state index contributed by atoms with van der Waals surface area (Å²) in [6, 6.07) is 3.80. The number of halogens is 2. The van der Waals surface area contributed by atoms with Gasteiger partial charge in [-0.3, -0.25) is 9.59 Å². The van der Waals surface area contributed by atoms with Crippen LogP contribution in [-0.2, 0) is 27.2 Å². The van der Waals surface area contributed by atoms with E-state index in [1.807, 2.05) is 0 Å². The summed E-state index contributed by atoms with van der Waals surface area (Å²) < 4.78 is 29.7. The zero-order valence-corrected chi connectivity index (χ0v) is 10.4. The van der Waals surface area contributed by atoms with Gasteiger partial charge in [0.2, 0.25) is 0 Å². The molecule has 0 aromatic heterocycles. The first-order valence-electron chi connectivity index (χ1n) is 5.62. The van der Waals surface area contributed by atoms with Gasteiger partial charge in [-0.1, -0.05) is 12.1 Å². The minimum Gasteiger partial charge on any atom is -0.481 e. The minimum absolute atomic E-state index is 0.0236. The maximum absolute atomic E-state index is 12.6. The lowest BCUT2D eigenvalue weighted by atomic mass is 9.98. The third kappa shape index (κ3) is 4.65. The number of carboxylic acid groups (broad SMARTS) is 1. The van der Waals surface area contributed by atoms with E-state index in [2.05, 4.69) is 4.74 Å². The van der Waals surface area contributed by atoms with Crippen LogP contribution in [0.4, 0.5) is 8.78 Å². The van der Waals surface area contributed by atoms with Crippen LogP contribution in [0.3, 0.4) is 0 Å². The van der Waals surface area contributed by atoms with Gasteiger partial charge in [0.05, 0.1) is 13.5 Å². The van der Waals surface area contributed by atoms with E-state index in [1.165, 1.54) is 25.3 Å². The number of hydrogen-bond donors (Lipinski definition) is 1. The highest BCUT2D eigenvalue weighted by Crippen LogP contribution is 2.23. The topological polar surface area (TPSA) is 63.6 Å². The number of esters is 1. The van der Waals surface area contributed by atoms with Gasteiger partial charge in [-0.05, 0) is 23.6 Å². The van der Waals surface area contributed by atoms with Gasteiger partial charge in [-0.2, -0.15) is 0 Å². The van der Waals surface area contributed by atoms with Gasteiger partial charge >= 0.3 is 11.9 Å². The standard InChI is InChI=1S/C13H14F2O4/c1-19-12(18)5-4-8-6-10(13(14)15)3-2-9(8)7-11(16)17/h2-3,6,13H,4-5,7H2,1H3,(H,16,17). The number of aryl methyl sites for hydroxylation is 1. The molecule has 0 aliphatic rings. The number of rotatable bonds is 6.